The summed E-state index contributed by atoms with van der Waals surface area (Å²) < 4.78 is 0. The molecule has 7 heteroatoms. The van der Waals surface area contributed by atoms with Crippen molar-refractivity contribution in [3.63, 3.8) is 0 Å². The number of nitrogens with zero attached hydrogens (tertiary/aromatic N) is 3. The molecule has 3 rings (SSSR count). The number of carboxylic acids is 1. The first kappa shape index (κ1) is 19.2. The number of hydrogen-bond acceptors (Lipinski definition) is 3. The molecule has 2 heterocycles. The number of carboxylic acid groups (broad SMARTS) is 1. The first-order chi connectivity index (χ1) is 13.0. The summed E-state index contributed by atoms with van der Waals surface area (Å²) >= 11 is 0. The van der Waals surface area contributed by atoms with Gasteiger partial charge in [-0.2, -0.15) is 0 Å². The van der Waals surface area contributed by atoms with Crippen molar-refractivity contribution in [1.82, 2.24) is 14.7 Å². The van der Waals surface area contributed by atoms with Gasteiger partial charge in [0.2, 0.25) is 5.91 Å². The second kappa shape index (κ2) is 8.41. The Bertz CT molecular complexity index is 686. The van der Waals surface area contributed by atoms with Gasteiger partial charge in [0.15, 0.2) is 0 Å². The summed E-state index contributed by atoms with van der Waals surface area (Å²) in [5.74, 6) is -1.17. The highest BCUT2D eigenvalue weighted by Crippen LogP contribution is 2.26. The third-order valence-corrected chi connectivity index (χ3v) is 5.52. The summed E-state index contributed by atoms with van der Waals surface area (Å²) in [7, 11) is 1.79. The molecule has 0 unspecified atom stereocenters. The predicted octanol–water partition coefficient (Wildman–Crippen LogP) is 2.03. The maximum Gasteiger partial charge on any atom is 0.326 e. The molecule has 2 saturated heterocycles. The van der Waals surface area contributed by atoms with Crippen LogP contribution in [0.15, 0.2) is 30.3 Å². The minimum atomic E-state index is -0.920. The Morgan fingerprint density at radius 1 is 1.07 bits per heavy atom. The molecule has 2 aliphatic rings. The summed E-state index contributed by atoms with van der Waals surface area (Å²) in [6.45, 7) is 2.13. The molecule has 3 amide bonds. The van der Waals surface area contributed by atoms with Crippen LogP contribution in [0, 0.1) is 5.92 Å². The van der Waals surface area contributed by atoms with Gasteiger partial charge in [-0.1, -0.05) is 30.3 Å². The van der Waals surface area contributed by atoms with Crippen molar-refractivity contribution in [3.05, 3.63) is 35.9 Å². The largest absolute Gasteiger partial charge is 0.480 e. The molecule has 1 N–H and O–H groups in total. The molecule has 1 aromatic carbocycles. The van der Waals surface area contributed by atoms with E-state index in [2.05, 4.69) is 0 Å². The fourth-order valence-corrected chi connectivity index (χ4v) is 4.01. The average Bonchev–Trinajstić information content (AvgIpc) is 3.18. The highest BCUT2D eigenvalue weighted by atomic mass is 16.4. The van der Waals surface area contributed by atoms with Gasteiger partial charge in [0, 0.05) is 39.1 Å². The van der Waals surface area contributed by atoms with Crippen LogP contribution in [-0.2, 0) is 16.1 Å². The van der Waals surface area contributed by atoms with Crippen molar-refractivity contribution >= 4 is 17.9 Å². The average molecular weight is 373 g/mol. The lowest BCUT2D eigenvalue weighted by atomic mass is 9.95. The SMILES string of the molecule is CN(Cc1ccccc1)C(=O)N1CCC(C(=O)N2CCC[C@H]2C(=O)O)CC1. The zero-order valence-electron chi connectivity index (χ0n) is 15.7. The minimum absolute atomic E-state index is 0.0330. The minimum Gasteiger partial charge on any atom is -0.480 e. The third kappa shape index (κ3) is 4.40. The van der Waals surface area contributed by atoms with E-state index in [9.17, 15) is 19.5 Å². The number of aliphatic carboxylic acids is 1. The van der Waals surface area contributed by atoms with Gasteiger partial charge in [-0.3, -0.25) is 4.79 Å². The predicted molar refractivity (Wildman–Crippen MR) is 100.0 cm³/mol. The first-order valence-electron chi connectivity index (χ1n) is 9.54. The molecule has 1 atom stereocenters. The van der Waals surface area contributed by atoms with Gasteiger partial charge in [-0.15, -0.1) is 0 Å². The van der Waals surface area contributed by atoms with E-state index in [0.29, 0.717) is 45.4 Å². The molecule has 0 aromatic heterocycles. The molecular weight excluding hydrogens is 346 g/mol. The van der Waals surface area contributed by atoms with Crippen molar-refractivity contribution < 1.29 is 19.5 Å². The highest BCUT2D eigenvalue weighted by Gasteiger charge is 2.38. The summed E-state index contributed by atoms with van der Waals surface area (Å²) in [5, 5.41) is 9.28. The number of urea groups is 1. The van der Waals surface area contributed by atoms with E-state index in [-0.39, 0.29) is 17.9 Å². The number of hydrogen-bond donors (Lipinski definition) is 1. The molecular formula is C20H27N3O4. The van der Waals surface area contributed by atoms with Crippen LogP contribution in [0.1, 0.15) is 31.2 Å². The van der Waals surface area contributed by atoms with Crippen molar-refractivity contribution in [2.45, 2.75) is 38.3 Å². The lowest BCUT2D eigenvalue weighted by Gasteiger charge is -2.36. The third-order valence-electron chi connectivity index (χ3n) is 5.52. The Balaban J connectivity index is 1.51. The van der Waals surface area contributed by atoms with Gasteiger partial charge < -0.3 is 19.8 Å². The topological polar surface area (TPSA) is 81.2 Å². The fraction of sp³-hybridized carbons (Fsp3) is 0.550. The Kier molecular flexibility index (Phi) is 5.98. The smallest absolute Gasteiger partial charge is 0.326 e. The van der Waals surface area contributed by atoms with Crippen LogP contribution in [0.4, 0.5) is 4.79 Å². The molecule has 0 bridgehead atoms. The molecule has 2 fully saturated rings. The van der Waals surface area contributed by atoms with E-state index in [0.717, 1.165) is 12.0 Å². The zero-order valence-corrected chi connectivity index (χ0v) is 15.7. The van der Waals surface area contributed by atoms with Gasteiger partial charge in [0.1, 0.15) is 6.04 Å². The second-order valence-corrected chi connectivity index (χ2v) is 7.41. The summed E-state index contributed by atoms with van der Waals surface area (Å²) in [6, 6.07) is 9.11. The monoisotopic (exact) mass is 373 g/mol. The summed E-state index contributed by atoms with van der Waals surface area (Å²) in [5.41, 5.74) is 1.08. The van der Waals surface area contributed by atoms with Crippen molar-refractivity contribution in [1.29, 1.82) is 0 Å². The normalized spacial score (nSPS) is 20.6. The Labute approximate surface area is 159 Å². The molecule has 0 saturated carbocycles. The summed E-state index contributed by atoms with van der Waals surface area (Å²) in [4.78, 5) is 41.7. The second-order valence-electron chi connectivity index (χ2n) is 7.41. The number of likely N-dealkylation sites (tertiary alicyclic amines) is 2. The molecule has 27 heavy (non-hydrogen) atoms. The van der Waals surface area contributed by atoms with Crippen LogP contribution in [0.2, 0.25) is 0 Å². The van der Waals surface area contributed by atoms with Crippen molar-refractivity contribution in [3.8, 4) is 0 Å². The van der Waals surface area contributed by atoms with Gasteiger partial charge in [-0.25, -0.2) is 9.59 Å². The molecule has 2 aliphatic heterocycles. The maximum atomic E-state index is 12.7. The Morgan fingerprint density at radius 3 is 2.37 bits per heavy atom. The van der Waals surface area contributed by atoms with Crippen LogP contribution < -0.4 is 0 Å². The number of carbonyl (C=O) groups excluding carboxylic acids is 2. The lowest BCUT2D eigenvalue weighted by Crippen LogP contribution is -2.49. The Morgan fingerprint density at radius 2 is 1.74 bits per heavy atom. The highest BCUT2D eigenvalue weighted by molar-refractivity contribution is 5.86. The van der Waals surface area contributed by atoms with E-state index in [1.54, 1.807) is 16.8 Å². The van der Waals surface area contributed by atoms with E-state index in [4.69, 9.17) is 0 Å². The molecule has 146 valence electrons. The van der Waals surface area contributed by atoms with Gasteiger partial charge in [-0.05, 0) is 31.2 Å². The van der Waals surface area contributed by atoms with Crippen molar-refractivity contribution in [2.75, 3.05) is 26.7 Å². The summed E-state index contributed by atoms with van der Waals surface area (Å²) in [6.07, 6.45) is 2.45. The number of rotatable bonds is 4. The molecule has 0 aliphatic carbocycles. The standard InChI is InChI=1S/C20H27N3O4/c1-21(14-15-6-3-2-4-7-15)20(27)22-12-9-16(10-13-22)18(24)23-11-5-8-17(23)19(25)26/h2-4,6-7,16-17H,5,8-14H2,1H3,(H,25,26)/t17-/m0/s1. The zero-order chi connectivity index (χ0) is 19.4. The molecule has 0 radical (unpaired) electrons. The van der Waals surface area contributed by atoms with E-state index < -0.39 is 12.0 Å². The van der Waals surface area contributed by atoms with Crippen LogP contribution in [0.3, 0.4) is 0 Å². The number of carbonyl (C=O) groups is 3. The molecule has 1 aromatic rings. The van der Waals surface area contributed by atoms with E-state index in [1.165, 1.54) is 4.90 Å². The molecule has 0 spiro atoms. The van der Waals surface area contributed by atoms with Gasteiger partial charge in [0.05, 0.1) is 0 Å². The number of amides is 3. The van der Waals surface area contributed by atoms with Crippen LogP contribution in [0.25, 0.3) is 0 Å². The number of benzene rings is 1. The van der Waals surface area contributed by atoms with E-state index in [1.807, 2.05) is 30.3 Å². The van der Waals surface area contributed by atoms with Gasteiger partial charge in [0.25, 0.3) is 0 Å². The van der Waals surface area contributed by atoms with E-state index >= 15 is 0 Å². The van der Waals surface area contributed by atoms with Crippen LogP contribution in [-0.4, -0.2) is 70.4 Å². The fourth-order valence-electron chi connectivity index (χ4n) is 4.01. The quantitative estimate of drug-likeness (QED) is 0.876. The Hall–Kier alpha value is -2.57. The molecule has 7 nitrogen and oxygen atoms in total. The number of piperidine rings is 1. The lowest BCUT2D eigenvalue weighted by molar-refractivity contribution is -0.150. The van der Waals surface area contributed by atoms with Gasteiger partial charge >= 0.3 is 12.0 Å². The van der Waals surface area contributed by atoms with Crippen LogP contribution >= 0.6 is 0 Å². The first-order valence-corrected chi connectivity index (χ1v) is 9.54. The maximum absolute atomic E-state index is 12.7. The van der Waals surface area contributed by atoms with Crippen molar-refractivity contribution in [2.24, 2.45) is 5.92 Å². The van der Waals surface area contributed by atoms with Crippen LogP contribution in [0.5, 0.6) is 0 Å².